The minimum absolute atomic E-state index is 0. The van der Waals surface area contributed by atoms with Crippen LogP contribution in [0, 0.1) is 0 Å². The van der Waals surface area contributed by atoms with Crippen LogP contribution in [0.2, 0.25) is 13.1 Å². The average molecular weight is 464 g/mol. The summed E-state index contributed by atoms with van der Waals surface area (Å²) in [5.74, 6) is 0. The van der Waals surface area contributed by atoms with Crippen molar-refractivity contribution in [2.45, 2.75) is 30.1 Å². The Bertz CT molecular complexity index is 893. The Kier molecular flexibility index (Phi) is 7.13. The molecule has 0 fully saturated rings. The molecule has 4 heteroatoms. The topological polar surface area (TPSA) is 0 Å². The molecule has 0 heterocycles. The van der Waals surface area contributed by atoms with Gasteiger partial charge in [-0.2, -0.15) is 0 Å². The second-order valence-electron chi connectivity index (χ2n) is 6.70. The molecular weight excluding hydrogens is 442 g/mol. The van der Waals surface area contributed by atoms with E-state index in [1.165, 1.54) is 22.3 Å². The number of halogens is 2. The van der Waals surface area contributed by atoms with Crippen LogP contribution < -0.4 is 24.8 Å². The van der Waals surface area contributed by atoms with Gasteiger partial charge in [-0.15, -0.1) is 0 Å². The van der Waals surface area contributed by atoms with Gasteiger partial charge < -0.3 is 24.8 Å². The first-order valence-electron chi connectivity index (χ1n) is 8.32. The molecule has 0 radical (unpaired) electrons. The molecule has 0 nitrogen and oxygen atoms in total. The van der Waals surface area contributed by atoms with E-state index in [1.54, 1.807) is 16.7 Å². The molecule has 127 valence electrons. The van der Waals surface area contributed by atoms with E-state index < -0.39 is 21.9 Å². The summed E-state index contributed by atoms with van der Waals surface area (Å²) < 4.78 is 0.755. The van der Waals surface area contributed by atoms with E-state index in [-0.39, 0.29) is 30.2 Å². The van der Waals surface area contributed by atoms with Crippen LogP contribution in [0.1, 0.15) is 33.7 Å². The van der Waals surface area contributed by atoms with Crippen molar-refractivity contribution in [3.63, 3.8) is 0 Å². The van der Waals surface area contributed by atoms with Crippen LogP contribution >= 0.6 is 0 Å². The number of benzene rings is 2. The fourth-order valence-electron chi connectivity index (χ4n) is 3.90. The van der Waals surface area contributed by atoms with Crippen molar-refractivity contribution in [2.24, 2.45) is 0 Å². The summed E-state index contributed by atoms with van der Waals surface area (Å²) in [7, 11) is 0. The zero-order valence-electron chi connectivity index (χ0n) is 14.7. The second-order valence-corrected chi connectivity index (χ2v) is 19.9. The Morgan fingerprint density at radius 3 is 2.28 bits per heavy atom. The van der Waals surface area contributed by atoms with Crippen molar-refractivity contribution in [1.82, 2.24) is 0 Å². The zero-order valence-corrected chi connectivity index (χ0v) is 19.7. The number of allylic oxidation sites excluding steroid dienone is 4. The monoisotopic (exact) mass is 461 g/mol. The number of hydrogen-bond donors (Lipinski definition) is 0. The molecule has 0 bridgehead atoms. The molecule has 2 aromatic carbocycles. The van der Waals surface area contributed by atoms with Crippen LogP contribution in [-0.4, -0.2) is 5.43 Å². The predicted molar refractivity (Wildman–Crippen MR) is 97.6 cm³/mol. The van der Waals surface area contributed by atoms with Gasteiger partial charge in [0.15, 0.2) is 0 Å². The van der Waals surface area contributed by atoms with E-state index >= 15 is 0 Å². The van der Waals surface area contributed by atoms with Gasteiger partial charge in [-0.3, -0.25) is 0 Å². The number of hydrogen-bond acceptors (Lipinski definition) is 0. The third-order valence-electron chi connectivity index (χ3n) is 4.88. The third kappa shape index (κ3) is 3.69. The fraction of sp³-hybridized carbons (Fsp3) is 0.238. The van der Waals surface area contributed by atoms with Crippen LogP contribution in [0.4, 0.5) is 0 Å². The fourth-order valence-corrected chi connectivity index (χ4v) is 12.6. The van der Waals surface area contributed by atoms with Crippen LogP contribution in [0.15, 0.2) is 60.2 Å². The maximum Gasteiger partial charge on any atom is -1.00 e. The number of rotatable bonds is 2. The van der Waals surface area contributed by atoms with E-state index in [4.69, 9.17) is 0 Å². The standard InChI is InChI=1S/C19H15.C2H6Si.2ClH.Zr/c1-13-6-4-9-15(13)17-10-5-11-18-16-8-3-2-7-14(16)12-19(17)18;1-3-2;;;/h2-8,10-12H,9H2,1H3;1-2H3;2*1H;/q;;;;+2/p-2. The van der Waals surface area contributed by atoms with Crippen LogP contribution in [-0.2, 0) is 21.9 Å². The van der Waals surface area contributed by atoms with Gasteiger partial charge in [0.1, 0.15) is 0 Å². The first kappa shape index (κ1) is 20.9. The Morgan fingerprint density at radius 2 is 1.60 bits per heavy atom. The molecule has 0 spiro atoms. The quantitative estimate of drug-likeness (QED) is 0.543. The van der Waals surface area contributed by atoms with Gasteiger partial charge in [-0.25, -0.2) is 0 Å². The first-order valence-corrected chi connectivity index (χ1v) is 15.9. The van der Waals surface area contributed by atoms with E-state index in [0.717, 1.165) is 10.0 Å². The maximum absolute atomic E-state index is 2.52. The van der Waals surface area contributed by atoms with Crippen LogP contribution in [0.25, 0.3) is 16.7 Å². The molecule has 0 amide bonds. The molecule has 0 N–H and O–H groups in total. The molecule has 2 aliphatic carbocycles. The molecule has 25 heavy (non-hydrogen) atoms. The van der Waals surface area contributed by atoms with Crippen molar-refractivity contribution in [2.75, 3.05) is 0 Å². The van der Waals surface area contributed by atoms with Crippen molar-refractivity contribution in [3.8, 4) is 11.1 Å². The number of fused-ring (bicyclic) bond motifs is 3. The van der Waals surface area contributed by atoms with Gasteiger partial charge in [-0.05, 0) is 0 Å². The first-order chi connectivity index (χ1) is 11.2. The molecule has 4 rings (SSSR count). The van der Waals surface area contributed by atoms with E-state index in [9.17, 15) is 0 Å². The minimum atomic E-state index is -0.421. The van der Waals surface area contributed by atoms with E-state index in [0.29, 0.717) is 0 Å². The second kappa shape index (κ2) is 8.53. The van der Waals surface area contributed by atoms with Crippen molar-refractivity contribution in [3.05, 3.63) is 76.9 Å². The average Bonchev–Trinajstić information content (AvgIpc) is 3.10. The summed E-state index contributed by atoms with van der Waals surface area (Å²) in [6.45, 7) is 7.30. The summed E-state index contributed by atoms with van der Waals surface area (Å²) in [6.07, 6.45) is 5.71. The zero-order chi connectivity index (χ0) is 16.0. The molecule has 1 atom stereocenters. The summed E-state index contributed by atoms with van der Waals surface area (Å²) in [4.78, 5) is 0. The van der Waals surface area contributed by atoms with Crippen molar-refractivity contribution < 1.29 is 46.7 Å². The summed E-state index contributed by atoms with van der Waals surface area (Å²) in [6, 6.07) is 16.2. The predicted octanol–water partition coefficient (Wildman–Crippen LogP) is -0.169. The Hall–Kier alpha value is -0.400. The summed E-state index contributed by atoms with van der Waals surface area (Å²) in [5, 5.41) is 0. The molecule has 0 saturated carbocycles. The van der Waals surface area contributed by atoms with Gasteiger partial charge in [-0.1, -0.05) is 0 Å². The Labute approximate surface area is 174 Å². The Balaban J connectivity index is 0.00000113. The van der Waals surface area contributed by atoms with Gasteiger partial charge in [0.05, 0.1) is 0 Å². The Morgan fingerprint density at radius 1 is 0.920 bits per heavy atom. The van der Waals surface area contributed by atoms with E-state index in [1.807, 2.05) is 0 Å². The third-order valence-corrected chi connectivity index (χ3v) is 13.6. The molecular formula is C21H21Cl2SiZr. The normalized spacial score (nSPS) is 16.5. The summed E-state index contributed by atoms with van der Waals surface area (Å²) >= 11 is -0.421. The van der Waals surface area contributed by atoms with Crippen LogP contribution in [0.5, 0.6) is 0 Å². The van der Waals surface area contributed by atoms with Gasteiger partial charge >= 0.3 is 151 Å². The van der Waals surface area contributed by atoms with Gasteiger partial charge in [0.2, 0.25) is 0 Å². The summed E-state index contributed by atoms with van der Waals surface area (Å²) in [5.41, 5.74) is 10.7. The molecule has 0 aliphatic heterocycles. The van der Waals surface area contributed by atoms with Crippen molar-refractivity contribution >= 4 is 11.0 Å². The van der Waals surface area contributed by atoms with Gasteiger partial charge in [0, 0.05) is 0 Å². The molecule has 2 aliphatic rings. The minimum Gasteiger partial charge on any atom is -1.00 e. The molecule has 0 saturated heterocycles. The van der Waals surface area contributed by atoms with Crippen molar-refractivity contribution in [1.29, 1.82) is 0 Å². The van der Waals surface area contributed by atoms with Gasteiger partial charge in [0.25, 0.3) is 0 Å². The van der Waals surface area contributed by atoms with Crippen LogP contribution in [0.3, 0.4) is 0 Å². The molecule has 1 unspecified atom stereocenters. The molecule has 2 aromatic rings. The largest absolute Gasteiger partial charge is 1.00 e. The van der Waals surface area contributed by atoms with E-state index in [2.05, 4.69) is 74.6 Å². The smallest absolute Gasteiger partial charge is 1.00 e. The maximum atomic E-state index is 2.52. The SMILES string of the molecule is CC1=C(c2cccc3c2[CH]([Zr+2]=[Si](C)C)c2ccccc2-3)CC=C1.[Cl-].[Cl-]. The molecule has 0 aromatic heterocycles.